The van der Waals surface area contributed by atoms with Gasteiger partial charge < -0.3 is 10.1 Å². The fourth-order valence-corrected chi connectivity index (χ4v) is 5.39. The molecule has 0 atom stereocenters. The van der Waals surface area contributed by atoms with Gasteiger partial charge in [0.1, 0.15) is 35.2 Å². The summed E-state index contributed by atoms with van der Waals surface area (Å²) >= 11 is 0. The first-order chi connectivity index (χ1) is 18.5. The molecular weight excluding hydrogens is 505 g/mol. The largest absolute Gasteiger partial charge is 0.492 e. The third-order valence-electron chi connectivity index (χ3n) is 6.23. The van der Waals surface area contributed by atoms with Gasteiger partial charge in [0.05, 0.1) is 5.69 Å². The molecule has 5 rings (SSSR count). The molecule has 8 nitrogen and oxygen atoms in total. The molecule has 0 aliphatic carbocycles. The second-order valence-corrected chi connectivity index (χ2v) is 10.6. The van der Waals surface area contributed by atoms with E-state index in [0.717, 1.165) is 42.7 Å². The summed E-state index contributed by atoms with van der Waals surface area (Å²) in [5.41, 5.74) is 2.69. The van der Waals surface area contributed by atoms with E-state index in [4.69, 9.17) is 4.74 Å². The molecule has 0 radical (unpaired) electrons. The van der Waals surface area contributed by atoms with Gasteiger partial charge in [-0.3, -0.25) is 9.62 Å². The Morgan fingerprint density at radius 1 is 0.895 bits per heavy atom. The van der Waals surface area contributed by atoms with E-state index in [9.17, 15) is 12.8 Å². The molecule has 0 bridgehead atoms. The summed E-state index contributed by atoms with van der Waals surface area (Å²) in [5.74, 6) is 0.601. The zero-order valence-corrected chi connectivity index (χ0v) is 21.5. The second kappa shape index (κ2) is 11.6. The summed E-state index contributed by atoms with van der Waals surface area (Å²) in [4.78, 5) is 10.7. The Hall–Kier alpha value is -4.02. The van der Waals surface area contributed by atoms with Crippen molar-refractivity contribution in [2.45, 2.75) is 17.7 Å². The van der Waals surface area contributed by atoms with Crippen LogP contribution in [0.3, 0.4) is 0 Å². The van der Waals surface area contributed by atoms with E-state index in [2.05, 4.69) is 24.9 Å². The van der Waals surface area contributed by atoms with Crippen molar-refractivity contribution in [3.8, 4) is 17.0 Å². The molecule has 0 unspecified atom stereocenters. The Balaban J connectivity index is 1.19. The molecule has 0 spiro atoms. The van der Waals surface area contributed by atoms with Crippen LogP contribution in [0, 0.1) is 5.82 Å². The maximum atomic E-state index is 13.9. The number of aromatic nitrogens is 2. The van der Waals surface area contributed by atoms with E-state index < -0.39 is 20.7 Å². The van der Waals surface area contributed by atoms with Crippen molar-refractivity contribution in [2.24, 2.45) is 0 Å². The third-order valence-corrected chi connectivity index (χ3v) is 7.64. The molecule has 196 valence electrons. The van der Waals surface area contributed by atoms with Gasteiger partial charge in [0.25, 0.3) is 10.0 Å². The minimum absolute atomic E-state index is 0.310. The molecule has 4 aromatic rings. The Labute approximate surface area is 221 Å². The van der Waals surface area contributed by atoms with Gasteiger partial charge in [-0.2, -0.15) is 0 Å². The molecule has 10 heteroatoms. The quantitative estimate of drug-likeness (QED) is 0.286. The van der Waals surface area contributed by atoms with Crippen LogP contribution in [-0.4, -0.2) is 49.5 Å². The van der Waals surface area contributed by atoms with Crippen LogP contribution >= 0.6 is 0 Å². The van der Waals surface area contributed by atoms with Gasteiger partial charge in [0.15, 0.2) is 0 Å². The zero-order chi connectivity index (χ0) is 26.4. The number of benzene rings is 3. The van der Waals surface area contributed by atoms with Crippen LogP contribution in [0.25, 0.3) is 11.3 Å². The van der Waals surface area contributed by atoms with Crippen molar-refractivity contribution in [2.75, 3.05) is 36.3 Å². The fraction of sp³-hybridized carbons (Fsp3) is 0.214. The highest BCUT2D eigenvalue weighted by Gasteiger charge is 2.18. The van der Waals surface area contributed by atoms with E-state index in [0.29, 0.717) is 23.8 Å². The first-order valence-corrected chi connectivity index (χ1v) is 13.9. The summed E-state index contributed by atoms with van der Waals surface area (Å²) < 4.78 is 47.2. The van der Waals surface area contributed by atoms with Crippen molar-refractivity contribution in [1.29, 1.82) is 0 Å². The number of halogens is 1. The number of rotatable bonds is 10. The fourth-order valence-electron chi connectivity index (χ4n) is 4.25. The molecule has 1 aromatic heterocycles. The monoisotopic (exact) mass is 533 g/mol. The van der Waals surface area contributed by atoms with Crippen LogP contribution in [0.5, 0.6) is 5.75 Å². The first kappa shape index (κ1) is 25.6. The molecule has 3 aromatic carbocycles. The van der Waals surface area contributed by atoms with Gasteiger partial charge in [0.2, 0.25) is 0 Å². The highest BCUT2D eigenvalue weighted by atomic mass is 32.2. The number of sulfonamides is 1. The number of hydrogen-bond acceptors (Lipinski definition) is 7. The number of hydrogen-bond donors (Lipinski definition) is 2. The SMILES string of the molecule is O=S(=O)(Nc1ccc(Nc2cc(-c3ccc(OCCN4CCCC4)cc3)ncn2)cc1)c1ccccc1F. The highest BCUT2D eigenvalue weighted by Crippen LogP contribution is 2.25. The van der Waals surface area contributed by atoms with Gasteiger partial charge in [-0.1, -0.05) is 12.1 Å². The van der Waals surface area contributed by atoms with Gasteiger partial charge in [-0.05, 0) is 86.6 Å². The van der Waals surface area contributed by atoms with Crippen molar-refractivity contribution >= 4 is 27.2 Å². The number of nitrogens with zero attached hydrogens (tertiary/aromatic N) is 3. The molecule has 1 aliphatic rings. The van der Waals surface area contributed by atoms with E-state index in [-0.39, 0.29) is 0 Å². The molecule has 2 N–H and O–H groups in total. The van der Waals surface area contributed by atoms with E-state index in [1.54, 1.807) is 24.3 Å². The molecular formula is C28H28FN5O3S. The number of likely N-dealkylation sites (tertiary alicyclic amines) is 1. The van der Waals surface area contributed by atoms with Crippen molar-refractivity contribution in [3.63, 3.8) is 0 Å². The van der Waals surface area contributed by atoms with Gasteiger partial charge in [-0.15, -0.1) is 0 Å². The summed E-state index contributed by atoms with van der Waals surface area (Å²) in [5, 5.41) is 3.19. The maximum absolute atomic E-state index is 13.9. The molecule has 1 fully saturated rings. The summed E-state index contributed by atoms with van der Waals surface area (Å²) in [6.45, 7) is 3.93. The lowest BCUT2D eigenvalue weighted by Gasteiger charge is -2.15. The molecule has 1 aliphatic heterocycles. The number of anilines is 3. The van der Waals surface area contributed by atoms with Crippen LogP contribution < -0.4 is 14.8 Å². The molecule has 38 heavy (non-hydrogen) atoms. The van der Waals surface area contributed by atoms with Crippen LogP contribution in [-0.2, 0) is 10.0 Å². The van der Waals surface area contributed by atoms with E-state index >= 15 is 0 Å². The first-order valence-electron chi connectivity index (χ1n) is 12.4. The lowest BCUT2D eigenvalue weighted by Crippen LogP contribution is -2.25. The Morgan fingerprint density at radius 3 is 2.34 bits per heavy atom. The maximum Gasteiger partial charge on any atom is 0.264 e. The molecule has 2 heterocycles. The van der Waals surface area contributed by atoms with Crippen LogP contribution in [0.15, 0.2) is 90.1 Å². The Morgan fingerprint density at radius 2 is 1.61 bits per heavy atom. The second-order valence-electron chi connectivity index (χ2n) is 8.95. The molecule has 1 saturated heterocycles. The Bertz CT molecular complexity index is 1480. The third kappa shape index (κ3) is 6.45. The number of nitrogens with one attached hydrogen (secondary N) is 2. The smallest absolute Gasteiger partial charge is 0.264 e. The van der Waals surface area contributed by atoms with Gasteiger partial charge in [-0.25, -0.2) is 22.8 Å². The normalized spacial score (nSPS) is 13.8. The van der Waals surface area contributed by atoms with Crippen molar-refractivity contribution in [1.82, 2.24) is 14.9 Å². The molecule has 0 saturated carbocycles. The van der Waals surface area contributed by atoms with Crippen LogP contribution in [0.1, 0.15) is 12.8 Å². The predicted octanol–water partition coefficient (Wildman–Crippen LogP) is 5.30. The summed E-state index contributed by atoms with van der Waals surface area (Å²) in [7, 11) is -4.04. The lowest BCUT2D eigenvalue weighted by atomic mass is 10.1. The molecule has 0 amide bonds. The van der Waals surface area contributed by atoms with E-state index in [1.807, 2.05) is 30.3 Å². The van der Waals surface area contributed by atoms with Crippen LogP contribution in [0.2, 0.25) is 0 Å². The minimum atomic E-state index is -4.04. The standard InChI is InChI=1S/C28H28FN5O3S/c29-25-5-1-2-6-27(25)38(35,36)33-23-11-9-22(10-12-23)32-28-19-26(30-20-31-28)21-7-13-24(14-8-21)37-18-17-34-15-3-4-16-34/h1-2,5-14,19-20,33H,3-4,15-18H2,(H,30,31,32). The predicted molar refractivity (Wildman–Crippen MR) is 146 cm³/mol. The summed E-state index contributed by atoms with van der Waals surface area (Å²) in [6, 6.07) is 21.5. The Kier molecular flexibility index (Phi) is 7.81. The number of ether oxygens (including phenoxy) is 1. The van der Waals surface area contributed by atoms with Gasteiger partial charge in [0, 0.05) is 29.5 Å². The zero-order valence-electron chi connectivity index (χ0n) is 20.7. The van der Waals surface area contributed by atoms with Crippen molar-refractivity contribution in [3.05, 3.63) is 91.0 Å². The average molecular weight is 534 g/mol. The summed E-state index contributed by atoms with van der Waals surface area (Å²) in [6.07, 6.45) is 4.03. The topological polar surface area (TPSA) is 96.5 Å². The van der Waals surface area contributed by atoms with Crippen LogP contribution in [0.4, 0.5) is 21.6 Å². The van der Waals surface area contributed by atoms with Gasteiger partial charge >= 0.3 is 0 Å². The van der Waals surface area contributed by atoms with Crippen molar-refractivity contribution < 1.29 is 17.5 Å². The minimum Gasteiger partial charge on any atom is -0.492 e. The lowest BCUT2D eigenvalue weighted by molar-refractivity contribution is 0.238. The van der Waals surface area contributed by atoms with E-state index in [1.165, 1.54) is 37.4 Å². The average Bonchev–Trinajstić information content (AvgIpc) is 3.44. The highest BCUT2D eigenvalue weighted by molar-refractivity contribution is 7.92.